The number of fused-ring (bicyclic) bond motifs is 1. The number of amides is 1. The molecule has 34 heavy (non-hydrogen) atoms. The average Bonchev–Trinajstić information content (AvgIpc) is 3.53. The van der Waals surface area contributed by atoms with Crippen LogP contribution in [0.25, 0.3) is 10.2 Å². The molecule has 1 amide bonds. The predicted octanol–water partition coefficient (Wildman–Crippen LogP) is 5.13. The van der Waals surface area contributed by atoms with Crippen LogP contribution in [0, 0.1) is 11.7 Å². The first-order valence-electron chi connectivity index (χ1n) is 10.9. The Morgan fingerprint density at radius 1 is 1.09 bits per heavy atom. The van der Waals surface area contributed by atoms with Crippen LogP contribution in [-0.4, -0.2) is 36.7 Å². The van der Waals surface area contributed by atoms with Gasteiger partial charge in [-0.25, -0.2) is 17.8 Å². The molecule has 3 heterocycles. The van der Waals surface area contributed by atoms with Crippen molar-refractivity contribution in [1.29, 1.82) is 0 Å². The van der Waals surface area contributed by atoms with Gasteiger partial charge in [-0.2, -0.15) is 4.31 Å². The number of sulfonamides is 1. The molecule has 2 aromatic carbocycles. The first-order valence-corrected chi connectivity index (χ1v) is 14.0. The summed E-state index contributed by atoms with van der Waals surface area (Å²) in [5.74, 6) is -0.748. The first-order chi connectivity index (χ1) is 16.4. The Hall–Kier alpha value is -2.66. The number of rotatable bonds is 6. The molecule has 4 aromatic rings. The minimum absolute atomic E-state index is 0.0865. The Kier molecular flexibility index (Phi) is 6.48. The molecule has 1 fully saturated rings. The van der Waals surface area contributed by atoms with Crippen molar-refractivity contribution in [1.82, 2.24) is 9.29 Å². The maximum atomic E-state index is 13.7. The molecule has 5 rings (SSSR count). The Morgan fingerprint density at radius 3 is 2.56 bits per heavy atom. The van der Waals surface area contributed by atoms with E-state index in [1.807, 2.05) is 30.3 Å². The van der Waals surface area contributed by atoms with Crippen molar-refractivity contribution in [3.63, 3.8) is 0 Å². The Bertz CT molecular complexity index is 1400. The second-order valence-electron chi connectivity index (χ2n) is 8.13. The van der Waals surface area contributed by atoms with Gasteiger partial charge < -0.3 is 0 Å². The van der Waals surface area contributed by atoms with Crippen molar-refractivity contribution >= 4 is 54.0 Å². The standard InChI is InChI=1S/C24H22FN3O3S3/c25-19-8-9-20-21(15-19)33-24(26-20)28(16-17-5-2-1-3-6-17)23(29)18-10-12-27(13-11-18)34(30,31)22-7-4-14-32-22/h1-9,14-15,18H,10-13,16H2. The van der Waals surface area contributed by atoms with Crippen LogP contribution in [0.1, 0.15) is 18.4 Å². The molecule has 0 atom stereocenters. The summed E-state index contributed by atoms with van der Waals surface area (Å²) in [6, 6.07) is 17.4. The number of aromatic nitrogens is 1. The molecule has 0 radical (unpaired) electrons. The van der Waals surface area contributed by atoms with Crippen molar-refractivity contribution in [2.45, 2.75) is 23.6 Å². The number of thiazole rings is 1. The van der Waals surface area contributed by atoms with Gasteiger partial charge in [-0.15, -0.1) is 11.3 Å². The molecule has 0 saturated carbocycles. The number of benzene rings is 2. The van der Waals surface area contributed by atoms with Gasteiger partial charge in [0.1, 0.15) is 10.0 Å². The zero-order valence-electron chi connectivity index (χ0n) is 18.1. The molecule has 2 aromatic heterocycles. The van der Waals surface area contributed by atoms with E-state index in [0.29, 0.717) is 52.0 Å². The second kappa shape index (κ2) is 9.53. The number of hydrogen-bond acceptors (Lipinski definition) is 6. The lowest BCUT2D eigenvalue weighted by Crippen LogP contribution is -2.44. The normalized spacial score (nSPS) is 15.6. The zero-order valence-corrected chi connectivity index (χ0v) is 20.6. The molecular formula is C24H22FN3O3S3. The number of nitrogens with zero attached hydrogens (tertiary/aromatic N) is 3. The maximum absolute atomic E-state index is 13.7. The summed E-state index contributed by atoms with van der Waals surface area (Å²) in [6.07, 6.45) is 0.877. The highest BCUT2D eigenvalue weighted by atomic mass is 32.2. The monoisotopic (exact) mass is 515 g/mol. The van der Waals surface area contributed by atoms with Crippen LogP contribution in [0.2, 0.25) is 0 Å². The van der Waals surface area contributed by atoms with Gasteiger partial charge in [-0.3, -0.25) is 9.69 Å². The third kappa shape index (κ3) is 4.63. The highest BCUT2D eigenvalue weighted by Crippen LogP contribution is 2.33. The summed E-state index contributed by atoms with van der Waals surface area (Å²) in [6.45, 7) is 0.928. The third-order valence-electron chi connectivity index (χ3n) is 5.91. The number of thiophene rings is 1. The quantitative estimate of drug-likeness (QED) is 0.357. The Labute approximate surface area is 205 Å². The first kappa shape index (κ1) is 23.1. The number of piperidine rings is 1. The van der Waals surface area contributed by atoms with Crippen LogP contribution in [0.15, 0.2) is 70.3 Å². The molecule has 6 nitrogen and oxygen atoms in total. The highest BCUT2D eigenvalue weighted by Gasteiger charge is 2.35. The van der Waals surface area contributed by atoms with E-state index in [0.717, 1.165) is 5.56 Å². The number of halogens is 1. The maximum Gasteiger partial charge on any atom is 0.252 e. The summed E-state index contributed by atoms with van der Waals surface area (Å²) >= 11 is 2.48. The smallest absolute Gasteiger partial charge is 0.252 e. The minimum atomic E-state index is -3.53. The SMILES string of the molecule is O=C(C1CCN(S(=O)(=O)c2cccs2)CC1)N(Cc1ccccc1)c1nc2ccc(F)cc2s1. The molecule has 0 bridgehead atoms. The van der Waals surface area contributed by atoms with E-state index in [1.165, 1.54) is 39.1 Å². The molecule has 10 heteroatoms. The number of carbonyl (C=O) groups excluding carboxylic acids is 1. The Balaban J connectivity index is 1.38. The van der Waals surface area contributed by atoms with E-state index >= 15 is 0 Å². The van der Waals surface area contributed by atoms with Crippen molar-refractivity contribution in [2.24, 2.45) is 5.92 Å². The molecule has 0 aliphatic carbocycles. The van der Waals surface area contributed by atoms with E-state index in [-0.39, 0.29) is 17.6 Å². The van der Waals surface area contributed by atoms with E-state index in [1.54, 1.807) is 28.5 Å². The Morgan fingerprint density at radius 2 is 1.85 bits per heavy atom. The molecular weight excluding hydrogens is 493 g/mol. The van der Waals surface area contributed by atoms with E-state index in [9.17, 15) is 17.6 Å². The van der Waals surface area contributed by atoms with Gasteiger partial charge in [-0.05, 0) is 48.1 Å². The summed E-state index contributed by atoms with van der Waals surface area (Å²) in [5, 5.41) is 2.26. The lowest BCUT2D eigenvalue weighted by Gasteiger charge is -2.32. The minimum Gasteiger partial charge on any atom is -0.283 e. The van der Waals surface area contributed by atoms with Crippen molar-refractivity contribution in [3.8, 4) is 0 Å². The summed E-state index contributed by atoms with van der Waals surface area (Å²) in [5.41, 5.74) is 1.60. The second-order valence-corrected chi connectivity index (χ2v) is 12.3. The van der Waals surface area contributed by atoms with Gasteiger partial charge in [0.15, 0.2) is 5.13 Å². The topological polar surface area (TPSA) is 70.6 Å². The fourth-order valence-corrected chi connectivity index (χ4v) is 7.72. The van der Waals surface area contributed by atoms with E-state index in [4.69, 9.17) is 0 Å². The largest absolute Gasteiger partial charge is 0.283 e. The molecule has 1 aliphatic heterocycles. The van der Waals surface area contributed by atoms with Gasteiger partial charge in [0.05, 0.1) is 16.8 Å². The zero-order chi connectivity index (χ0) is 23.7. The molecule has 176 valence electrons. The number of hydrogen-bond donors (Lipinski definition) is 0. The van der Waals surface area contributed by atoms with Crippen LogP contribution in [0.4, 0.5) is 9.52 Å². The third-order valence-corrected chi connectivity index (χ3v) is 10.2. The van der Waals surface area contributed by atoms with Crippen LogP contribution < -0.4 is 4.90 Å². The van der Waals surface area contributed by atoms with Crippen LogP contribution in [0.3, 0.4) is 0 Å². The highest BCUT2D eigenvalue weighted by molar-refractivity contribution is 7.91. The van der Waals surface area contributed by atoms with Crippen molar-refractivity contribution in [3.05, 3.63) is 77.4 Å². The van der Waals surface area contributed by atoms with E-state index < -0.39 is 10.0 Å². The van der Waals surface area contributed by atoms with Gasteiger partial charge in [0, 0.05) is 19.0 Å². The lowest BCUT2D eigenvalue weighted by atomic mass is 9.96. The lowest BCUT2D eigenvalue weighted by molar-refractivity contribution is -0.123. The predicted molar refractivity (Wildman–Crippen MR) is 133 cm³/mol. The van der Waals surface area contributed by atoms with Crippen molar-refractivity contribution < 1.29 is 17.6 Å². The van der Waals surface area contributed by atoms with Crippen LogP contribution >= 0.6 is 22.7 Å². The molecule has 1 aliphatic rings. The summed E-state index contributed by atoms with van der Waals surface area (Å²) in [7, 11) is -3.53. The summed E-state index contributed by atoms with van der Waals surface area (Å²) in [4.78, 5) is 19.9. The molecule has 0 N–H and O–H groups in total. The fourth-order valence-electron chi connectivity index (χ4n) is 4.11. The van der Waals surface area contributed by atoms with Crippen molar-refractivity contribution in [2.75, 3.05) is 18.0 Å². The summed E-state index contributed by atoms with van der Waals surface area (Å²) < 4.78 is 41.9. The number of carbonyl (C=O) groups is 1. The van der Waals surface area contributed by atoms with Crippen LogP contribution in [-0.2, 0) is 21.4 Å². The molecule has 1 saturated heterocycles. The van der Waals surface area contributed by atoms with Gasteiger partial charge >= 0.3 is 0 Å². The number of anilines is 1. The van der Waals surface area contributed by atoms with E-state index in [2.05, 4.69) is 4.98 Å². The van der Waals surface area contributed by atoms with Gasteiger partial charge in [0.25, 0.3) is 10.0 Å². The van der Waals surface area contributed by atoms with Gasteiger partial charge in [-0.1, -0.05) is 47.7 Å². The average molecular weight is 516 g/mol. The molecule has 0 unspecified atom stereocenters. The molecule has 0 spiro atoms. The van der Waals surface area contributed by atoms with Crippen LogP contribution in [0.5, 0.6) is 0 Å². The van der Waals surface area contributed by atoms with Gasteiger partial charge in [0.2, 0.25) is 5.91 Å². The fraction of sp³-hybridized carbons (Fsp3) is 0.250.